The van der Waals surface area contributed by atoms with Crippen LogP contribution >= 0.6 is 0 Å². The summed E-state index contributed by atoms with van der Waals surface area (Å²) in [6, 6.07) is 9.16. The van der Waals surface area contributed by atoms with Crippen LogP contribution < -0.4 is 29.2 Å². The molecule has 0 unspecified atom stereocenters. The molecule has 0 N–H and O–H groups in total. The fraction of sp³-hybridized carbons (Fsp3) is 0.222. The molecule has 0 aliphatic carbocycles. The smallest absolute Gasteiger partial charge is 0.545 e. The van der Waals surface area contributed by atoms with Gasteiger partial charge in [-0.25, -0.2) is 0 Å². The van der Waals surface area contributed by atoms with Gasteiger partial charge in [-0.05, 0) is 24.3 Å². The van der Waals surface area contributed by atoms with Gasteiger partial charge in [0.1, 0.15) is 0 Å². The molecule has 0 aliphatic heterocycles. The molecule has 0 amide bonds. The first-order valence-corrected chi connectivity index (χ1v) is 7.25. The van der Waals surface area contributed by atoms with Crippen LogP contribution in [0.2, 0.25) is 0 Å². The van der Waals surface area contributed by atoms with E-state index in [1.165, 1.54) is 40.6 Å². The van der Waals surface area contributed by atoms with Gasteiger partial charge in [0.2, 0.25) is 0 Å². The molecule has 9 heteroatoms. The first kappa shape index (κ1) is 24.1. The van der Waals surface area contributed by atoms with Crippen molar-refractivity contribution in [3.05, 3.63) is 47.5 Å². The van der Waals surface area contributed by atoms with Crippen LogP contribution in [0.25, 0.3) is 0 Å². The molecule has 0 saturated heterocycles. The second-order valence-corrected chi connectivity index (χ2v) is 4.66. The molecule has 2 aromatic carbocycles. The molecule has 27 heavy (non-hydrogen) atoms. The van der Waals surface area contributed by atoms with Crippen LogP contribution in [0.4, 0.5) is 0 Å². The Hall–Kier alpha value is -2.91. The molecule has 0 atom stereocenters. The zero-order chi connectivity index (χ0) is 19.7. The predicted octanol–water partition coefficient (Wildman–Crippen LogP) is 0.132. The SMILES string of the molecule is COc1cccc(C(=O)[O-])c1OC.COc1cccc(C(=O)[O-])c1OC.[Co+2]. The van der Waals surface area contributed by atoms with Crippen molar-refractivity contribution < 1.29 is 55.5 Å². The summed E-state index contributed by atoms with van der Waals surface area (Å²) >= 11 is 0. The minimum atomic E-state index is -1.28. The number of hydrogen-bond acceptors (Lipinski definition) is 8. The molecule has 0 heterocycles. The molecule has 0 fully saturated rings. The summed E-state index contributed by atoms with van der Waals surface area (Å²) < 4.78 is 19.6. The van der Waals surface area contributed by atoms with Crippen LogP contribution in [0.15, 0.2) is 36.4 Å². The van der Waals surface area contributed by atoms with E-state index >= 15 is 0 Å². The van der Waals surface area contributed by atoms with Gasteiger partial charge in [-0.15, -0.1) is 0 Å². The van der Waals surface area contributed by atoms with Crippen molar-refractivity contribution in [2.24, 2.45) is 0 Å². The third-order valence-electron chi connectivity index (χ3n) is 3.25. The van der Waals surface area contributed by atoms with E-state index in [1.54, 1.807) is 24.3 Å². The minimum absolute atomic E-state index is 0. The van der Waals surface area contributed by atoms with Crippen molar-refractivity contribution in [1.29, 1.82) is 0 Å². The van der Waals surface area contributed by atoms with Crippen molar-refractivity contribution in [2.45, 2.75) is 0 Å². The first-order chi connectivity index (χ1) is 12.4. The molecule has 147 valence electrons. The number of benzene rings is 2. The minimum Gasteiger partial charge on any atom is -0.545 e. The summed E-state index contributed by atoms with van der Waals surface area (Å²) in [5.74, 6) is -1.44. The molecular weight excluding hydrogens is 403 g/mol. The molecule has 1 radical (unpaired) electrons. The fourth-order valence-corrected chi connectivity index (χ4v) is 2.10. The quantitative estimate of drug-likeness (QED) is 0.646. The largest absolute Gasteiger partial charge is 2.00 e. The number of para-hydroxylation sites is 2. The van der Waals surface area contributed by atoms with E-state index in [0.29, 0.717) is 11.5 Å². The number of carbonyl (C=O) groups is 2. The third-order valence-corrected chi connectivity index (χ3v) is 3.25. The normalized spacial score (nSPS) is 9.04. The van der Waals surface area contributed by atoms with Crippen molar-refractivity contribution in [2.75, 3.05) is 28.4 Å². The maximum Gasteiger partial charge on any atom is 2.00 e. The Balaban J connectivity index is 0.000000483. The van der Waals surface area contributed by atoms with E-state index in [2.05, 4.69) is 0 Å². The molecule has 0 saturated carbocycles. The van der Waals surface area contributed by atoms with Crippen molar-refractivity contribution >= 4 is 11.9 Å². The van der Waals surface area contributed by atoms with E-state index in [9.17, 15) is 19.8 Å². The average molecular weight is 421 g/mol. The molecular formula is C18H18CoO8. The van der Waals surface area contributed by atoms with Gasteiger partial charge in [-0.2, -0.15) is 0 Å². The summed E-state index contributed by atoms with van der Waals surface area (Å²) in [6.45, 7) is 0. The van der Waals surface area contributed by atoms with Gasteiger partial charge >= 0.3 is 16.8 Å². The van der Waals surface area contributed by atoms with Crippen LogP contribution in [0.1, 0.15) is 20.7 Å². The fourth-order valence-electron chi connectivity index (χ4n) is 2.10. The first-order valence-electron chi connectivity index (χ1n) is 7.25. The summed E-state index contributed by atoms with van der Waals surface area (Å²) in [6.07, 6.45) is 0. The number of rotatable bonds is 6. The van der Waals surface area contributed by atoms with Crippen LogP contribution in [-0.4, -0.2) is 40.4 Å². The standard InChI is InChI=1S/2C9H10O4.Co/c2*1-12-7-5-3-4-6(9(10)11)8(7)13-2;/h2*3-5H,1-2H3,(H,10,11);/q;;+2/p-2. The Labute approximate surface area is 166 Å². The van der Waals surface area contributed by atoms with E-state index in [1.807, 2.05) is 0 Å². The summed E-state index contributed by atoms with van der Waals surface area (Å²) in [7, 11) is 5.64. The number of aromatic carboxylic acids is 2. The second-order valence-electron chi connectivity index (χ2n) is 4.66. The number of carbonyl (C=O) groups excluding carboxylic acids is 2. The van der Waals surface area contributed by atoms with Crippen molar-refractivity contribution in [3.63, 3.8) is 0 Å². The van der Waals surface area contributed by atoms with Crippen LogP contribution in [-0.2, 0) is 16.8 Å². The molecule has 2 aromatic rings. The average Bonchev–Trinajstić information content (AvgIpc) is 2.66. The Bertz CT molecular complexity index is 710. The topological polar surface area (TPSA) is 117 Å². The van der Waals surface area contributed by atoms with Crippen molar-refractivity contribution in [3.8, 4) is 23.0 Å². The van der Waals surface area contributed by atoms with E-state index in [4.69, 9.17) is 18.9 Å². The van der Waals surface area contributed by atoms with E-state index in [0.717, 1.165) is 0 Å². The summed E-state index contributed by atoms with van der Waals surface area (Å²) in [5, 5.41) is 21.2. The number of methoxy groups -OCH3 is 4. The van der Waals surface area contributed by atoms with Crippen LogP contribution in [0.3, 0.4) is 0 Å². The van der Waals surface area contributed by atoms with Crippen LogP contribution in [0, 0.1) is 0 Å². The Kier molecular flexibility index (Phi) is 10.4. The molecule has 0 bridgehead atoms. The molecule has 8 nitrogen and oxygen atoms in total. The zero-order valence-corrected chi connectivity index (χ0v) is 16.1. The zero-order valence-electron chi connectivity index (χ0n) is 15.1. The van der Waals surface area contributed by atoms with Crippen LogP contribution in [0.5, 0.6) is 23.0 Å². The molecule has 0 aromatic heterocycles. The van der Waals surface area contributed by atoms with Gasteiger partial charge in [0.15, 0.2) is 23.0 Å². The van der Waals surface area contributed by atoms with E-state index < -0.39 is 11.9 Å². The number of carboxylic acid groups (broad SMARTS) is 2. The number of ether oxygens (including phenoxy) is 4. The predicted molar refractivity (Wildman–Crippen MR) is 87.8 cm³/mol. The van der Waals surface area contributed by atoms with Gasteiger partial charge in [-0.1, -0.05) is 12.1 Å². The number of carboxylic acids is 2. The second kappa shape index (κ2) is 11.7. The third kappa shape index (κ3) is 6.08. The summed E-state index contributed by atoms with van der Waals surface area (Å²) in [4.78, 5) is 21.2. The van der Waals surface area contributed by atoms with Gasteiger partial charge in [-0.3, -0.25) is 0 Å². The van der Waals surface area contributed by atoms with Gasteiger partial charge < -0.3 is 38.7 Å². The maximum atomic E-state index is 10.6. The van der Waals surface area contributed by atoms with E-state index in [-0.39, 0.29) is 39.4 Å². The van der Waals surface area contributed by atoms with Gasteiger partial charge in [0.25, 0.3) is 0 Å². The van der Waals surface area contributed by atoms with Crippen molar-refractivity contribution in [1.82, 2.24) is 0 Å². The Morgan fingerprint density at radius 1 is 0.667 bits per heavy atom. The summed E-state index contributed by atoms with van der Waals surface area (Å²) in [5.41, 5.74) is -0.0244. The molecule has 0 aliphatic rings. The van der Waals surface area contributed by atoms with Gasteiger partial charge in [0, 0.05) is 11.1 Å². The maximum absolute atomic E-state index is 10.6. The Morgan fingerprint density at radius 2 is 1.00 bits per heavy atom. The Morgan fingerprint density at radius 3 is 1.22 bits per heavy atom. The molecule has 2 rings (SSSR count). The van der Waals surface area contributed by atoms with Gasteiger partial charge in [0.05, 0.1) is 40.4 Å². The monoisotopic (exact) mass is 421 g/mol. The molecule has 0 spiro atoms. The number of hydrogen-bond donors (Lipinski definition) is 0.